The lowest BCUT2D eigenvalue weighted by Gasteiger charge is -2.09. The van der Waals surface area contributed by atoms with Crippen LogP contribution >= 0.6 is 27.3 Å². The van der Waals surface area contributed by atoms with E-state index in [9.17, 15) is 14.9 Å². The summed E-state index contributed by atoms with van der Waals surface area (Å²) in [4.78, 5) is 28.6. The lowest BCUT2D eigenvalue weighted by atomic mass is 9.96. The Kier molecular flexibility index (Phi) is 5.47. The molecule has 0 saturated heterocycles. The van der Waals surface area contributed by atoms with Crippen LogP contribution in [0.25, 0.3) is 10.9 Å². The number of hydrazone groups is 1. The van der Waals surface area contributed by atoms with Gasteiger partial charge < -0.3 is 10.3 Å². The molecule has 0 unspecified atom stereocenters. The number of nitrogens with one attached hydrogen (secondary N) is 3. The van der Waals surface area contributed by atoms with Crippen LogP contribution in [-0.2, 0) is 22.4 Å². The van der Waals surface area contributed by atoms with E-state index in [1.807, 2.05) is 18.2 Å². The second-order valence-corrected chi connectivity index (χ2v) is 8.63. The third-order valence-corrected chi connectivity index (χ3v) is 6.46. The second kappa shape index (κ2) is 8.19. The van der Waals surface area contributed by atoms with E-state index in [2.05, 4.69) is 42.8 Å². The number of aromatic amines is 1. The normalized spacial score (nSPS) is 13.2. The molecule has 2 amide bonds. The predicted molar refractivity (Wildman–Crippen MR) is 116 cm³/mol. The van der Waals surface area contributed by atoms with Crippen molar-refractivity contribution in [3.8, 4) is 6.07 Å². The third-order valence-electron chi connectivity index (χ3n) is 4.76. The smallest absolute Gasteiger partial charge is 0.329 e. The number of carbonyl (C=O) groups is 2. The number of H-pyrrole nitrogens is 1. The van der Waals surface area contributed by atoms with Crippen LogP contribution in [0.5, 0.6) is 0 Å². The number of halogens is 1. The zero-order valence-corrected chi connectivity index (χ0v) is 17.6. The van der Waals surface area contributed by atoms with Crippen molar-refractivity contribution in [3.63, 3.8) is 0 Å². The number of carbonyl (C=O) groups excluding carboxylic acids is 2. The number of hydrogen-bond acceptors (Lipinski definition) is 5. The van der Waals surface area contributed by atoms with Crippen LogP contribution in [0.3, 0.4) is 0 Å². The number of amides is 2. The van der Waals surface area contributed by atoms with Crippen LogP contribution in [0.15, 0.2) is 34.0 Å². The molecule has 29 heavy (non-hydrogen) atoms. The van der Waals surface area contributed by atoms with Crippen molar-refractivity contribution in [1.82, 2.24) is 10.4 Å². The molecule has 1 aliphatic rings. The Balaban J connectivity index is 1.43. The third kappa shape index (κ3) is 3.95. The monoisotopic (exact) mass is 469 g/mol. The van der Waals surface area contributed by atoms with E-state index in [1.54, 1.807) is 6.20 Å². The number of nitrogens with zero attached hydrogens (tertiary/aromatic N) is 2. The fraction of sp³-hybridized carbons (Fsp3) is 0.200. The number of nitriles is 1. The van der Waals surface area contributed by atoms with Gasteiger partial charge in [-0.2, -0.15) is 10.4 Å². The van der Waals surface area contributed by atoms with Gasteiger partial charge in [0.2, 0.25) is 0 Å². The molecular formula is C20H16BrN5O2S. The second-order valence-electron chi connectivity index (χ2n) is 6.61. The Hall–Kier alpha value is -2.96. The summed E-state index contributed by atoms with van der Waals surface area (Å²) in [7, 11) is 0. The van der Waals surface area contributed by atoms with Crippen molar-refractivity contribution in [3.05, 3.63) is 50.4 Å². The van der Waals surface area contributed by atoms with Gasteiger partial charge in [0.05, 0.1) is 11.8 Å². The first-order chi connectivity index (χ1) is 14.1. The van der Waals surface area contributed by atoms with Crippen LogP contribution in [0, 0.1) is 11.3 Å². The first kappa shape index (κ1) is 19.4. The summed E-state index contributed by atoms with van der Waals surface area (Å²) < 4.78 is 0.926. The number of aryl methyl sites for hydroxylation is 1. The zero-order chi connectivity index (χ0) is 20.4. The molecule has 1 aliphatic carbocycles. The molecule has 1 aromatic carbocycles. The number of hydrogen-bond donors (Lipinski definition) is 3. The molecule has 4 rings (SSSR count). The summed E-state index contributed by atoms with van der Waals surface area (Å²) in [6, 6.07) is 7.94. The standard InChI is InChI=1S/C20H16BrN5O2S/c21-12-5-6-16-14(7-12)11(9-23-16)10-24-26-19(28)18(27)25-20-15(8-22)13-3-1-2-4-17(13)29-20/h5-7,9-10,23H,1-4H2,(H,25,27)(H,26,28)/b24-10-. The molecule has 2 heterocycles. The number of benzene rings is 1. The summed E-state index contributed by atoms with van der Waals surface area (Å²) in [6.07, 6.45) is 7.09. The van der Waals surface area contributed by atoms with Crippen LogP contribution < -0.4 is 10.7 Å². The SMILES string of the molecule is N#Cc1c(NC(=O)C(=O)N/N=C\c2c[nH]c3ccc(Br)cc23)sc2c1CCCC2. The molecule has 0 aliphatic heterocycles. The number of aromatic nitrogens is 1. The van der Waals surface area contributed by atoms with Crippen LogP contribution in [0.1, 0.15) is 34.4 Å². The summed E-state index contributed by atoms with van der Waals surface area (Å²) in [5.41, 5.74) is 5.42. The minimum absolute atomic E-state index is 0.435. The van der Waals surface area contributed by atoms with Crippen LogP contribution in [0.4, 0.5) is 5.00 Å². The molecular weight excluding hydrogens is 454 g/mol. The van der Waals surface area contributed by atoms with Gasteiger partial charge >= 0.3 is 11.8 Å². The number of rotatable bonds is 3. The van der Waals surface area contributed by atoms with Crippen LogP contribution in [0.2, 0.25) is 0 Å². The van der Waals surface area contributed by atoms with E-state index in [0.717, 1.165) is 57.1 Å². The average molecular weight is 470 g/mol. The highest BCUT2D eigenvalue weighted by Gasteiger charge is 2.23. The summed E-state index contributed by atoms with van der Waals surface area (Å²) in [6.45, 7) is 0. The van der Waals surface area contributed by atoms with Crippen molar-refractivity contribution in [1.29, 1.82) is 5.26 Å². The number of anilines is 1. The van der Waals surface area contributed by atoms with E-state index in [0.29, 0.717) is 10.6 Å². The predicted octanol–water partition coefficient (Wildman–Crippen LogP) is 3.83. The average Bonchev–Trinajstić information content (AvgIpc) is 3.28. The van der Waals surface area contributed by atoms with Crippen molar-refractivity contribution < 1.29 is 9.59 Å². The number of fused-ring (bicyclic) bond motifs is 2. The first-order valence-corrected chi connectivity index (χ1v) is 10.6. The number of thiophene rings is 1. The van der Waals surface area contributed by atoms with E-state index in [-0.39, 0.29) is 0 Å². The molecule has 0 fully saturated rings. The van der Waals surface area contributed by atoms with Crippen molar-refractivity contribution in [2.45, 2.75) is 25.7 Å². The molecule has 3 N–H and O–H groups in total. The maximum Gasteiger partial charge on any atom is 0.329 e. The largest absolute Gasteiger partial charge is 0.361 e. The summed E-state index contributed by atoms with van der Waals surface area (Å²) >= 11 is 4.80. The highest BCUT2D eigenvalue weighted by atomic mass is 79.9. The highest BCUT2D eigenvalue weighted by Crippen LogP contribution is 2.37. The van der Waals surface area contributed by atoms with Gasteiger partial charge in [0.25, 0.3) is 0 Å². The Morgan fingerprint density at radius 2 is 2.10 bits per heavy atom. The van der Waals surface area contributed by atoms with Gasteiger partial charge in [-0.25, -0.2) is 5.43 Å². The van der Waals surface area contributed by atoms with E-state index in [4.69, 9.17) is 0 Å². The lowest BCUT2D eigenvalue weighted by molar-refractivity contribution is -0.136. The van der Waals surface area contributed by atoms with Gasteiger partial charge in [-0.05, 0) is 49.4 Å². The molecule has 3 aromatic rings. The quantitative estimate of drug-likeness (QED) is 0.307. The molecule has 0 radical (unpaired) electrons. The maximum absolute atomic E-state index is 12.2. The summed E-state index contributed by atoms with van der Waals surface area (Å²) in [5.74, 6) is -1.74. The molecule has 146 valence electrons. The highest BCUT2D eigenvalue weighted by molar-refractivity contribution is 9.10. The van der Waals surface area contributed by atoms with Crippen molar-refractivity contribution in [2.75, 3.05) is 5.32 Å². The Bertz CT molecular complexity index is 1190. The fourth-order valence-corrected chi connectivity index (χ4v) is 4.96. The van der Waals surface area contributed by atoms with E-state index < -0.39 is 11.8 Å². The molecule has 0 spiro atoms. The molecule has 0 atom stereocenters. The van der Waals surface area contributed by atoms with E-state index in [1.165, 1.54) is 17.6 Å². The van der Waals surface area contributed by atoms with Gasteiger partial charge in [-0.1, -0.05) is 15.9 Å². The topological polar surface area (TPSA) is 110 Å². The molecule has 7 nitrogen and oxygen atoms in total. The first-order valence-electron chi connectivity index (χ1n) is 9.02. The molecule has 0 saturated carbocycles. The van der Waals surface area contributed by atoms with Gasteiger partial charge in [-0.15, -0.1) is 11.3 Å². The molecule has 2 aromatic heterocycles. The molecule has 0 bridgehead atoms. The van der Waals surface area contributed by atoms with Crippen LogP contribution in [-0.4, -0.2) is 23.0 Å². The lowest BCUT2D eigenvalue weighted by Crippen LogP contribution is -2.32. The fourth-order valence-electron chi connectivity index (χ4n) is 3.36. The minimum atomic E-state index is -0.891. The van der Waals surface area contributed by atoms with Crippen molar-refractivity contribution in [2.24, 2.45) is 5.10 Å². The minimum Gasteiger partial charge on any atom is -0.361 e. The summed E-state index contributed by atoms with van der Waals surface area (Å²) in [5, 5.41) is 17.3. The Morgan fingerprint density at radius 3 is 2.93 bits per heavy atom. The van der Waals surface area contributed by atoms with Gasteiger partial charge in [-0.3, -0.25) is 9.59 Å². The van der Waals surface area contributed by atoms with E-state index >= 15 is 0 Å². The van der Waals surface area contributed by atoms with Gasteiger partial charge in [0.1, 0.15) is 11.1 Å². The Morgan fingerprint density at radius 1 is 1.28 bits per heavy atom. The van der Waals surface area contributed by atoms with Crippen molar-refractivity contribution >= 4 is 61.2 Å². The zero-order valence-electron chi connectivity index (χ0n) is 15.2. The van der Waals surface area contributed by atoms with Gasteiger partial charge in [0.15, 0.2) is 0 Å². The Labute approximate surface area is 178 Å². The molecule has 9 heteroatoms. The maximum atomic E-state index is 12.2. The van der Waals surface area contributed by atoms with Gasteiger partial charge in [0, 0.05) is 32.0 Å².